The van der Waals surface area contributed by atoms with E-state index in [1.807, 2.05) is 35.2 Å². The van der Waals surface area contributed by atoms with Gasteiger partial charge in [-0.05, 0) is 49.1 Å². The number of nitrogens with one attached hydrogen (secondary N) is 1. The van der Waals surface area contributed by atoms with Crippen molar-refractivity contribution in [3.05, 3.63) is 64.1 Å². The number of benzene rings is 2. The zero-order valence-electron chi connectivity index (χ0n) is 12.6. The maximum Gasteiger partial charge on any atom is 0.322 e. The van der Waals surface area contributed by atoms with E-state index in [1.165, 1.54) is 11.1 Å². The number of fused-ring (bicyclic) bond motifs is 1. The number of carbonyl (C=O) groups excluding carboxylic acids is 1. The lowest BCUT2D eigenvalue weighted by Crippen LogP contribution is -2.43. The Kier molecular flexibility index (Phi) is 4.48. The van der Waals surface area contributed by atoms with Crippen LogP contribution in [0.3, 0.4) is 0 Å². The molecule has 2 aromatic carbocycles. The van der Waals surface area contributed by atoms with E-state index < -0.39 is 0 Å². The van der Waals surface area contributed by atoms with Crippen molar-refractivity contribution in [3.63, 3.8) is 0 Å². The van der Waals surface area contributed by atoms with Crippen molar-refractivity contribution in [2.45, 2.75) is 25.8 Å². The van der Waals surface area contributed by atoms with Crippen molar-refractivity contribution in [1.29, 1.82) is 0 Å². The number of para-hydroxylation sites is 1. The Balaban J connectivity index is 1.59. The van der Waals surface area contributed by atoms with Gasteiger partial charge in [0.1, 0.15) is 0 Å². The highest BCUT2D eigenvalue weighted by Gasteiger charge is 2.30. The summed E-state index contributed by atoms with van der Waals surface area (Å²) in [5.74, 6) is 0. The van der Waals surface area contributed by atoms with Gasteiger partial charge in [0.25, 0.3) is 0 Å². The summed E-state index contributed by atoms with van der Waals surface area (Å²) in [6, 6.07) is 16.5. The van der Waals surface area contributed by atoms with E-state index in [1.54, 1.807) is 0 Å². The number of halogens is 1. The molecule has 0 saturated heterocycles. The molecule has 1 atom stereocenters. The molecule has 0 saturated carbocycles. The van der Waals surface area contributed by atoms with Crippen LogP contribution in [0.2, 0.25) is 0 Å². The summed E-state index contributed by atoms with van der Waals surface area (Å²) in [6.45, 7) is 2.74. The van der Waals surface area contributed by atoms with Crippen molar-refractivity contribution in [2.24, 2.45) is 0 Å². The van der Waals surface area contributed by atoms with Gasteiger partial charge in [-0.25, -0.2) is 4.79 Å². The highest BCUT2D eigenvalue weighted by atomic mass is 79.9. The van der Waals surface area contributed by atoms with Crippen molar-refractivity contribution < 1.29 is 4.79 Å². The summed E-state index contributed by atoms with van der Waals surface area (Å²) in [5, 5.41) is 3.03. The Morgan fingerprint density at radius 2 is 1.95 bits per heavy atom. The van der Waals surface area contributed by atoms with Crippen LogP contribution in [0.25, 0.3) is 0 Å². The van der Waals surface area contributed by atoms with Gasteiger partial charge in [0.05, 0.1) is 0 Å². The van der Waals surface area contributed by atoms with E-state index in [-0.39, 0.29) is 12.1 Å². The lowest BCUT2D eigenvalue weighted by atomic mass is 10.1. The third-order valence-electron chi connectivity index (χ3n) is 4.03. The smallest absolute Gasteiger partial charge is 0.322 e. The molecule has 1 heterocycles. The summed E-state index contributed by atoms with van der Waals surface area (Å²) in [5.41, 5.74) is 3.51. The lowest BCUT2D eigenvalue weighted by Gasteiger charge is -2.23. The minimum Gasteiger partial charge on any atom is -0.337 e. The number of anilines is 1. The second kappa shape index (κ2) is 6.53. The predicted octanol–water partition coefficient (Wildman–Crippen LogP) is 4.15. The number of carbonyl (C=O) groups is 1. The van der Waals surface area contributed by atoms with E-state index in [4.69, 9.17) is 0 Å². The summed E-state index contributed by atoms with van der Waals surface area (Å²) in [4.78, 5) is 14.3. The van der Waals surface area contributed by atoms with Crippen molar-refractivity contribution in [1.82, 2.24) is 5.32 Å². The van der Waals surface area contributed by atoms with Crippen LogP contribution >= 0.6 is 15.9 Å². The molecule has 4 heteroatoms. The molecule has 2 amide bonds. The molecule has 0 fully saturated rings. The number of amides is 2. The summed E-state index contributed by atoms with van der Waals surface area (Å²) < 4.78 is 1.07. The molecule has 0 aliphatic carbocycles. The predicted molar refractivity (Wildman–Crippen MR) is 93.3 cm³/mol. The number of hydrogen-bond donors (Lipinski definition) is 1. The standard InChI is InChI=1S/C18H19BrN2O/c1-13-12-15-4-2-3-5-17(15)21(13)18(22)20-11-10-14-6-8-16(19)9-7-14/h2-9,13H,10-12H2,1H3,(H,20,22). The maximum atomic E-state index is 12.5. The zero-order chi connectivity index (χ0) is 15.5. The fraction of sp³-hybridized carbons (Fsp3) is 0.278. The van der Waals surface area contributed by atoms with E-state index in [0.29, 0.717) is 6.54 Å². The molecule has 1 aliphatic rings. The summed E-state index contributed by atoms with van der Waals surface area (Å²) >= 11 is 3.43. The maximum absolute atomic E-state index is 12.5. The average molecular weight is 359 g/mol. The van der Waals surface area contributed by atoms with Gasteiger partial charge in [0.15, 0.2) is 0 Å². The van der Waals surface area contributed by atoms with Crippen LogP contribution in [-0.4, -0.2) is 18.6 Å². The first kappa shape index (κ1) is 15.1. The van der Waals surface area contributed by atoms with Crippen LogP contribution in [0.1, 0.15) is 18.1 Å². The first-order chi connectivity index (χ1) is 10.6. The van der Waals surface area contributed by atoms with Crippen LogP contribution in [-0.2, 0) is 12.8 Å². The van der Waals surface area contributed by atoms with Gasteiger partial charge < -0.3 is 5.32 Å². The molecule has 0 spiro atoms. The van der Waals surface area contributed by atoms with Gasteiger partial charge in [0.2, 0.25) is 0 Å². The Morgan fingerprint density at radius 1 is 1.23 bits per heavy atom. The molecule has 22 heavy (non-hydrogen) atoms. The van der Waals surface area contributed by atoms with Crippen LogP contribution in [0.4, 0.5) is 10.5 Å². The molecule has 0 bridgehead atoms. The summed E-state index contributed by atoms with van der Waals surface area (Å²) in [6.07, 6.45) is 1.76. The topological polar surface area (TPSA) is 32.3 Å². The molecular formula is C18H19BrN2O. The monoisotopic (exact) mass is 358 g/mol. The number of nitrogens with zero attached hydrogens (tertiary/aromatic N) is 1. The lowest BCUT2D eigenvalue weighted by molar-refractivity contribution is 0.245. The van der Waals surface area contributed by atoms with Crippen LogP contribution in [0, 0.1) is 0 Å². The van der Waals surface area contributed by atoms with E-state index >= 15 is 0 Å². The average Bonchev–Trinajstić information content (AvgIpc) is 2.85. The second-order valence-electron chi connectivity index (χ2n) is 5.66. The molecule has 0 aromatic heterocycles. The first-order valence-electron chi connectivity index (χ1n) is 7.54. The molecule has 1 unspecified atom stereocenters. The van der Waals surface area contributed by atoms with Crippen LogP contribution in [0.15, 0.2) is 53.0 Å². The molecule has 3 nitrogen and oxygen atoms in total. The number of urea groups is 1. The van der Waals surface area contributed by atoms with Crippen molar-refractivity contribution in [3.8, 4) is 0 Å². The quantitative estimate of drug-likeness (QED) is 0.877. The Bertz CT molecular complexity index is 669. The van der Waals surface area contributed by atoms with Crippen molar-refractivity contribution >= 4 is 27.6 Å². The van der Waals surface area contributed by atoms with Gasteiger partial charge in [-0.3, -0.25) is 4.90 Å². The SMILES string of the molecule is CC1Cc2ccccc2N1C(=O)NCCc1ccc(Br)cc1. The van der Waals surface area contributed by atoms with E-state index in [9.17, 15) is 4.79 Å². The van der Waals surface area contributed by atoms with Crippen LogP contribution < -0.4 is 10.2 Å². The molecule has 0 radical (unpaired) electrons. The molecule has 1 N–H and O–H groups in total. The van der Waals surface area contributed by atoms with Gasteiger partial charge in [0, 0.05) is 22.7 Å². The molecule has 3 rings (SSSR count). The van der Waals surface area contributed by atoms with Gasteiger partial charge in [-0.15, -0.1) is 0 Å². The summed E-state index contributed by atoms with van der Waals surface area (Å²) in [7, 11) is 0. The Hall–Kier alpha value is -1.81. The van der Waals surface area contributed by atoms with Crippen molar-refractivity contribution in [2.75, 3.05) is 11.4 Å². The van der Waals surface area contributed by atoms with E-state index in [0.717, 1.165) is 23.0 Å². The third-order valence-corrected chi connectivity index (χ3v) is 4.56. The number of hydrogen-bond acceptors (Lipinski definition) is 1. The normalized spacial score (nSPS) is 16.5. The second-order valence-corrected chi connectivity index (χ2v) is 6.58. The van der Waals surface area contributed by atoms with Crippen LogP contribution in [0.5, 0.6) is 0 Å². The van der Waals surface area contributed by atoms with Gasteiger partial charge >= 0.3 is 6.03 Å². The minimum absolute atomic E-state index is 0.00504. The Morgan fingerprint density at radius 3 is 2.73 bits per heavy atom. The minimum atomic E-state index is -0.00504. The molecule has 114 valence electrons. The largest absolute Gasteiger partial charge is 0.337 e. The fourth-order valence-corrected chi connectivity index (χ4v) is 3.19. The highest BCUT2D eigenvalue weighted by molar-refractivity contribution is 9.10. The van der Waals surface area contributed by atoms with Gasteiger partial charge in [-0.1, -0.05) is 46.3 Å². The zero-order valence-corrected chi connectivity index (χ0v) is 14.1. The van der Waals surface area contributed by atoms with Gasteiger partial charge in [-0.2, -0.15) is 0 Å². The Labute approximate surface area is 139 Å². The molecule has 1 aliphatic heterocycles. The fourth-order valence-electron chi connectivity index (χ4n) is 2.93. The highest BCUT2D eigenvalue weighted by Crippen LogP contribution is 2.31. The first-order valence-corrected chi connectivity index (χ1v) is 8.34. The molecular weight excluding hydrogens is 340 g/mol. The number of rotatable bonds is 3. The molecule has 2 aromatic rings. The third kappa shape index (κ3) is 3.17. The van der Waals surface area contributed by atoms with E-state index in [2.05, 4.69) is 46.4 Å².